The van der Waals surface area contributed by atoms with Crippen molar-refractivity contribution in [3.8, 4) is 0 Å². The Kier molecular flexibility index (Phi) is 13.4. The van der Waals surface area contributed by atoms with Crippen LogP contribution in [-0.2, 0) is 9.59 Å². The number of carboxylic acid groups (broad SMARTS) is 2. The van der Waals surface area contributed by atoms with Crippen LogP contribution in [0.5, 0.6) is 0 Å². The van der Waals surface area contributed by atoms with Gasteiger partial charge in [0.25, 0.3) is 0 Å². The van der Waals surface area contributed by atoms with Gasteiger partial charge in [0.05, 0.1) is 0 Å². The molecule has 0 saturated heterocycles. The molecule has 0 radical (unpaired) electrons. The van der Waals surface area contributed by atoms with Crippen molar-refractivity contribution in [2.24, 2.45) is 0 Å². The second-order valence-corrected chi connectivity index (χ2v) is 3.57. The van der Waals surface area contributed by atoms with Crippen LogP contribution in [0.25, 0.3) is 0 Å². The lowest BCUT2D eigenvalue weighted by Crippen LogP contribution is -1.86. The smallest absolute Gasteiger partial charge is 0.303 e. The zero-order chi connectivity index (χ0) is 13.7. The zero-order valence-corrected chi connectivity index (χ0v) is 11.2. The predicted octanol–water partition coefficient (Wildman–Crippen LogP) is 2.15. The van der Waals surface area contributed by atoms with Crippen molar-refractivity contribution in [3.63, 3.8) is 0 Å². The molecule has 1 atom stereocenters. The monoisotopic (exact) mass is 258 g/mol. The van der Waals surface area contributed by atoms with E-state index >= 15 is 0 Å². The van der Waals surface area contributed by atoms with Crippen LogP contribution in [0.3, 0.4) is 0 Å². The number of hydrogen-bond acceptors (Lipinski definition) is 2. The van der Waals surface area contributed by atoms with Crippen LogP contribution in [0.2, 0.25) is 0 Å². The van der Waals surface area contributed by atoms with E-state index in [-0.39, 0.29) is 12.8 Å². The molecule has 0 fully saturated rings. The van der Waals surface area contributed by atoms with Gasteiger partial charge in [-0.25, -0.2) is 0 Å². The molecule has 1 unspecified atom stereocenters. The number of hydrogen-bond donors (Lipinski definition) is 2. The second-order valence-electron chi connectivity index (χ2n) is 2.91. The zero-order valence-electron chi connectivity index (χ0n) is 10.1. The van der Waals surface area contributed by atoms with E-state index in [1.54, 1.807) is 13.8 Å². The Hall–Kier alpha value is -1.41. The summed E-state index contributed by atoms with van der Waals surface area (Å²) in [7, 11) is 2.63. The molecule has 0 heterocycles. The standard InChI is InChI=1S/C6H7P.2C3H6O2/c7-6-4-2-1-3-5-6;2*1-2-3(4)5/h1-5H,7H2;2*2H2,1H3,(H,4,5). The van der Waals surface area contributed by atoms with Gasteiger partial charge in [-0.15, -0.1) is 9.24 Å². The summed E-state index contributed by atoms with van der Waals surface area (Å²) in [5.74, 6) is -1.49. The molecule has 0 bridgehead atoms. The summed E-state index contributed by atoms with van der Waals surface area (Å²) in [5, 5.41) is 16.7. The van der Waals surface area contributed by atoms with Crippen LogP contribution < -0.4 is 5.30 Å². The van der Waals surface area contributed by atoms with Gasteiger partial charge in [0.15, 0.2) is 0 Å². The van der Waals surface area contributed by atoms with Crippen molar-refractivity contribution in [2.75, 3.05) is 0 Å². The van der Waals surface area contributed by atoms with E-state index in [2.05, 4.69) is 9.24 Å². The van der Waals surface area contributed by atoms with E-state index in [1.807, 2.05) is 30.3 Å². The van der Waals surface area contributed by atoms with E-state index in [9.17, 15) is 9.59 Å². The van der Waals surface area contributed by atoms with Crippen molar-refractivity contribution in [3.05, 3.63) is 30.3 Å². The molecule has 0 aliphatic carbocycles. The molecule has 5 heteroatoms. The summed E-state index contributed by atoms with van der Waals surface area (Å²) >= 11 is 0. The molecule has 0 spiro atoms. The Bertz CT molecular complexity index is 298. The fourth-order valence-electron chi connectivity index (χ4n) is 0.453. The number of rotatable bonds is 2. The minimum absolute atomic E-state index is 0.222. The van der Waals surface area contributed by atoms with Gasteiger partial charge < -0.3 is 10.2 Å². The maximum absolute atomic E-state index is 9.37. The summed E-state index contributed by atoms with van der Waals surface area (Å²) in [5.41, 5.74) is 0. The average molecular weight is 258 g/mol. The van der Waals surface area contributed by atoms with Gasteiger partial charge in [0.2, 0.25) is 0 Å². The van der Waals surface area contributed by atoms with Crippen LogP contribution in [0.1, 0.15) is 26.7 Å². The fourth-order valence-corrected chi connectivity index (χ4v) is 0.675. The average Bonchev–Trinajstić information content (AvgIpc) is 2.31. The summed E-state index contributed by atoms with van der Waals surface area (Å²) < 4.78 is 0. The molecule has 1 rings (SSSR count). The predicted molar refractivity (Wildman–Crippen MR) is 71.6 cm³/mol. The number of aliphatic carboxylic acids is 2. The van der Waals surface area contributed by atoms with Crippen LogP contribution in [0.15, 0.2) is 30.3 Å². The number of carbonyl (C=O) groups is 2. The molecule has 2 N–H and O–H groups in total. The molecule has 1 aromatic carbocycles. The highest BCUT2D eigenvalue weighted by Gasteiger charge is 1.81. The Balaban J connectivity index is 0. The van der Waals surface area contributed by atoms with Gasteiger partial charge in [-0.3, -0.25) is 9.59 Å². The van der Waals surface area contributed by atoms with E-state index in [4.69, 9.17) is 10.2 Å². The summed E-state index contributed by atoms with van der Waals surface area (Å²) in [6.07, 6.45) is 0.444. The van der Waals surface area contributed by atoms with Crippen molar-refractivity contribution in [1.82, 2.24) is 0 Å². The third-order valence-corrected chi connectivity index (χ3v) is 1.79. The molecular weight excluding hydrogens is 239 g/mol. The Labute approximate surface area is 104 Å². The fraction of sp³-hybridized carbons (Fsp3) is 0.333. The van der Waals surface area contributed by atoms with Crippen LogP contribution in [0.4, 0.5) is 0 Å². The topological polar surface area (TPSA) is 74.6 Å². The minimum atomic E-state index is -0.745. The van der Waals surface area contributed by atoms with Gasteiger partial charge in [-0.05, 0) is 5.30 Å². The van der Waals surface area contributed by atoms with Gasteiger partial charge in [-0.2, -0.15) is 0 Å². The molecule has 96 valence electrons. The quantitative estimate of drug-likeness (QED) is 0.797. The first-order valence-corrected chi connectivity index (χ1v) is 5.75. The third kappa shape index (κ3) is 20.6. The first-order chi connectivity index (χ1) is 7.93. The SMILES string of the molecule is CCC(=O)O.CCC(=O)O.Pc1ccccc1. The maximum Gasteiger partial charge on any atom is 0.303 e. The van der Waals surface area contributed by atoms with E-state index < -0.39 is 11.9 Å². The largest absolute Gasteiger partial charge is 0.481 e. The highest BCUT2D eigenvalue weighted by atomic mass is 31.0. The lowest BCUT2D eigenvalue weighted by molar-refractivity contribution is -0.137. The van der Waals surface area contributed by atoms with Crippen molar-refractivity contribution >= 4 is 26.5 Å². The Morgan fingerprint density at radius 1 is 1.00 bits per heavy atom. The summed E-state index contributed by atoms with van der Waals surface area (Å²) in [6, 6.07) is 10.1. The normalized spacial score (nSPS) is 7.94. The highest BCUT2D eigenvalue weighted by Crippen LogP contribution is 1.86. The molecule has 17 heavy (non-hydrogen) atoms. The molecule has 0 aromatic heterocycles. The third-order valence-electron chi connectivity index (χ3n) is 1.40. The first-order valence-electron chi connectivity index (χ1n) is 5.18. The lowest BCUT2D eigenvalue weighted by atomic mass is 10.4. The first kappa shape index (κ1) is 18.0. The molecule has 1 aromatic rings. The second kappa shape index (κ2) is 12.7. The molecule has 0 saturated carbocycles. The molecule has 4 nitrogen and oxygen atoms in total. The van der Waals surface area contributed by atoms with Crippen LogP contribution in [-0.4, -0.2) is 22.2 Å². The molecular formula is C12H19O4P. The lowest BCUT2D eigenvalue weighted by Gasteiger charge is -1.82. The van der Waals surface area contributed by atoms with Gasteiger partial charge >= 0.3 is 11.9 Å². The summed E-state index contributed by atoms with van der Waals surface area (Å²) in [4.78, 5) is 18.7. The molecule has 0 aliphatic rings. The van der Waals surface area contributed by atoms with Crippen LogP contribution in [0, 0.1) is 0 Å². The summed E-state index contributed by atoms with van der Waals surface area (Å²) in [6.45, 7) is 3.20. The van der Waals surface area contributed by atoms with Gasteiger partial charge in [-0.1, -0.05) is 44.2 Å². The van der Waals surface area contributed by atoms with Gasteiger partial charge in [0.1, 0.15) is 0 Å². The highest BCUT2D eigenvalue weighted by molar-refractivity contribution is 7.27. The minimum Gasteiger partial charge on any atom is -0.481 e. The Morgan fingerprint density at radius 2 is 1.29 bits per heavy atom. The number of carboxylic acids is 2. The van der Waals surface area contributed by atoms with E-state index in [0.29, 0.717) is 0 Å². The maximum atomic E-state index is 9.37. The van der Waals surface area contributed by atoms with Crippen LogP contribution >= 0.6 is 9.24 Å². The van der Waals surface area contributed by atoms with E-state index in [0.717, 1.165) is 0 Å². The van der Waals surface area contributed by atoms with Gasteiger partial charge in [0, 0.05) is 12.8 Å². The molecule has 0 amide bonds. The molecule has 0 aliphatic heterocycles. The van der Waals surface area contributed by atoms with Crippen molar-refractivity contribution in [1.29, 1.82) is 0 Å². The Morgan fingerprint density at radius 3 is 1.41 bits per heavy atom. The van der Waals surface area contributed by atoms with Crippen molar-refractivity contribution < 1.29 is 19.8 Å². The van der Waals surface area contributed by atoms with Crippen molar-refractivity contribution in [2.45, 2.75) is 26.7 Å². The van der Waals surface area contributed by atoms with E-state index in [1.165, 1.54) is 5.30 Å². The number of benzene rings is 1.